The van der Waals surface area contributed by atoms with Gasteiger partial charge in [-0.1, -0.05) is 25.2 Å². The van der Waals surface area contributed by atoms with Gasteiger partial charge in [0.2, 0.25) is 5.91 Å². The molecule has 0 saturated heterocycles. The van der Waals surface area contributed by atoms with Crippen LogP contribution in [0.3, 0.4) is 0 Å². The van der Waals surface area contributed by atoms with Crippen molar-refractivity contribution >= 4 is 28.5 Å². The van der Waals surface area contributed by atoms with E-state index in [1.54, 1.807) is 0 Å². The van der Waals surface area contributed by atoms with Crippen LogP contribution in [0.5, 0.6) is 0 Å². The van der Waals surface area contributed by atoms with E-state index < -0.39 is 6.09 Å². The standard InChI is InChI=1S/C13H19N3O3S/c1-8(2)6-11(17)16-5-4-9-10(7-16)20-12(14-9)15-13(18)19-3/h8H,4-7H2,1-3H3,(H,14,15,18). The fourth-order valence-corrected chi connectivity index (χ4v) is 3.09. The lowest BCUT2D eigenvalue weighted by molar-refractivity contribution is -0.132. The highest BCUT2D eigenvalue weighted by atomic mass is 32.1. The largest absolute Gasteiger partial charge is 0.453 e. The maximum atomic E-state index is 12.1. The summed E-state index contributed by atoms with van der Waals surface area (Å²) >= 11 is 1.40. The number of methoxy groups -OCH3 is 1. The van der Waals surface area contributed by atoms with Gasteiger partial charge >= 0.3 is 6.09 Å². The average molecular weight is 297 g/mol. The van der Waals surface area contributed by atoms with Gasteiger partial charge in [-0.2, -0.15) is 0 Å². The summed E-state index contributed by atoms with van der Waals surface area (Å²) in [6, 6.07) is 0. The van der Waals surface area contributed by atoms with Crippen molar-refractivity contribution in [1.82, 2.24) is 9.88 Å². The molecule has 20 heavy (non-hydrogen) atoms. The molecule has 2 amide bonds. The third-order valence-electron chi connectivity index (χ3n) is 3.06. The first kappa shape index (κ1) is 14.8. The van der Waals surface area contributed by atoms with Crippen LogP contribution < -0.4 is 5.32 Å². The Labute approximate surface area is 122 Å². The lowest BCUT2D eigenvalue weighted by Gasteiger charge is -2.26. The van der Waals surface area contributed by atoms with Gasteiger partial charge in [0.05, 0.1) is 19.3 Å². The van der Waals surface area contributed by atoms with Crippen molar-refractivity contribution in [3.05, 3.63) is 10.6 Å². The minimum Gasteiger partial charge on any atom is -0.453 e. The van der Waals surface area contributed by atoms with E-state index in [9.17, 15) is 9.59 Å². The van der Waals surface area contributed by atoms with Gasteiger partial charge in [-0.15, -0.1) is 0 Å². The van der Waals surface area contributed by atoms with Crippen LogP contribution in [0.1, 0.15) is 30.8 Å². The predicted molar refractivity (Wildman–Crippen MR) is 76.7 cm³/mol. The van der Waals surface area contributed by atoms with Crippen LogP contribution in [-0.4, -0.2) is 35.5 Å². The molecule has 0 unspecified atom stereocenters. The highest BCUT2D eigenvalue weighted by Gasteiger charge is 2.24. The van der Waals surface area contributed by atoms with Gasteiger partial charge in [0, 0.05) is 24.3 Å². The molecule has 0 spiro atoms. The van der Waals surface area contributed by atoms with Crippen LogP contribution >= 0.6 is 11.3 Å². The van der Waals surface area contributed by atoms with Gasteiger partial charge in [-0.25, -0.2) is 9.78 Å². The lowest BCUT2D eigenvalue weighted by atomic mass is 10.1. The molecule has 0 fully saturated rings. The summed E-state index contributed by atoms with van der Waals surface area (Å²) in [5, 5.41) is 3.10. The van der Waals surface area contributed by atoms with Gasteiger partial charge in [0.25, 0.3) is 0 Å². The van der Waals surface area contributed by atoms with Crippen LogP contribution in [0.25, 0.3) is 0 Å². The predicted octanol–water partition coefficient (Wildman–Crippen LogP) is 2.25. The minimum absolute atomic E-state index is 0.182. The summed E-state index contributed by atoms with van der Waals surface area (Å²) < 4.78 is 4.54. The van der Waals surface area contributed by atoms with Crippen molar-refractivity contribution in [3.8, 4) is 0 Å². The van der Waals surface area contributed by atoms with E-state index in [0.29, 0.717) is 30.6 Å². The number of ether oxygens (including phenoxy) is 1. The maximum absolute atomic E-state index is 12.1. The van der Waals surface area contributed by atoms with Crippen LogP contribution in [0.15, 0.2) is 0 Å². The number of anilines is 1. The molecule has 0 radical (unpaired) electrons. The Morgan fingerprint density at radius 3 is 2.90 bits per heavy atom. The van der Waals surface area contributed by atoms with Crippen molar-refractivity contribution in [2.45, 2.75) is 33.2 Å². The Hall–Kier alpha value is -1.63. The zero-order chi connectivity index (χ0) is 14.7. The fourth-order valence-electron chi connectivity index (χ4n) is 2.08. The Morgan fingerprint density at radius 2 is 2.25 bits per heavy atom. The molecule has 0 aliphatic carbocycles. The van der Waals surface area contributed by atoms with Crippen molar-refractivity contribution < 1.29 is 14.3 Å². The third-order valence-corrected chi connectivity index (χ3v) is 4.06. The number of nitrogens with zero attached hydrogens (tertiary/aromatic N) is 2. The monoisotopic (exact) mass is 297 g/mol. The Morgan fingerprint density at radius 1 is 1.50 bits per heavy atom. The van der Waals surface area contributed by atoms with E-state index in [-0.39, 0.29) is 5.91 Å². The van der Waals surface area contributed by atoms with Crippen molar-refractivity contribution in [3.63, 3.8) is 0 Å². The maximum Gasteiger partial charge on any atom is 0.413 e. The number of hydrogen-bond acceptors (Lipinski definition) is 5. The second-order valence-electron chi connectivity index (χ2n) is 5.17. The molecule has 1 aliphatic rings. The number of aromatic nitrogens is 1. The van der Waals surface area contributed by atoms with Crippen LogP contribution in [-0.2, 0) is 22.5 Å². The number of carbonyl (C=O) groups excluding carboxylic acids is 2. The lowest BCUT2D eigenvalue weighted by Crippen LogP contribution is -2.36. The van der Waals surface area contributed by atoms with Crippen LogP contribution in [0.2, 0.25) is 0 Å². The molecule has 2 heterocycles. The number of nitrogens with one attached hydrogen (secondary N) is 1. The van der Waals surface area contributed by atoms with E-state index in [1.807, 2.05) is 18.7 Å². The summed E-state index contributed by atoms with van der Waals surface area (Å²) in [7, 11) is 1.31. The molecule has 2 rings (SSSR count). The van der Waals surface area contributed by atoms with Crippen LogP contribution in [0, 0.1) is 5.92 Å². The first-order valence-corrected chi connectivity index (χ1v) is 7.42. The zero-order valence-electron chi connectivity index (χ0n) is 11.9. The Bertz CT molecular complexity index is 513. The van der Waals surface area contributed by atoms with E-state index in [1.165, 1.54) is 18.4 Å². The number of fused-ring (bicyclic) bond motifs is 1. The van der Waals surface area contributed by atoms with Crippen molar-refractivity contribution in [2.75, 3.05) is 19.0 Å². The molecule has 0 bridgehead atoms. The summed E-state index contributed by atoms with van der Waals surface area (Å²) in [5.41, 5.74) is 0.968. The minimum atomic E-state index is -0.524. The first-order valence-electron chi connectivity index (χ1n) is 6.61. The van der Waals surface area contributed by atoms with E-state index >= 15 is 0 Å². The zero-order valence-corrected chi connectivity index (χ0v) is 12.7. The topological polar surface area (TPSA) is 71.5 Å². The molecule has 1 aromatic rings. The first-order chi connectivity index (χ1) is 9.49. The van der Waals surface area contributed by atoms with Crippen molar-refractivity contribution in [1.29, 1.82) is 0 Å². The molecule has 110 valence electrons. The van der Waals surface area contributed by atoms with Gasteiger partial charge in [-0.3, -0.25) is 10.1 Å². The van der Waals surface area contributed by atoms with Gasteiger partial charge in [-0.05, 0) is 5.92 Å². The number of rotatable bonds is 3. The molecule has 1 aliphatic heterocycles. The molecule has 7 heteroatoms. The summed E-state index contributed by atoms with van der Waals surface area (Å²) in [5.74, 6) is 0.545. The molecule has 0 saturated carbocycles. The molecule has 0 aromatic carbocycles. The second kappa shape index (κ2) is 6.21. The summed E-state index contributed by atoms with van der Waals surface area (Å²) in [4.78, 5) is 30.5. The smallest absolute Gasteiger partial charge is 0.413 e. The van der Waals surface area contributed by atoms with E-state index in [2.05, 4.69) is 15.0 Å². The van der Waals surface area contributed by atoms with E-state index in [4.69, 9.17) is 0 Å². The Kier molecular flexibility index (Phi) is 4.59. The SMILES string of the molecule is COC(=O)Nc1nc2c(s1)CN(C(=O)CC(C)C)CC2. The quantitative estimate of drug-likeness (QED) is 0.929. The molecule has 6 nitrogen and oxygen atoms in total. The van der Waals surface area contributed by atoms with Gasteiger partial charge in [0.15, 0.2) is 5.13 Å². The number of amides is 2. The Balaban J connectivity index is 2.03. The number of carbonyl (C=O) groups is 2. The molecule has 1 N–H and O–H groups in total. The number of thiazole rings is 1. The normalized spacial score (nSPS) is 14.1. The highest BCUT2D eigenvalue weighted by Crippen LogP contribution is 2.28. The van der Waals surface area contributed by atoms with Gasteiger partial charge < -0.3 is 9.64 Å². The number of hydrogen-bond donors (Lipinski definition) is 1. The third kappa shape index (κ3) is 3.47. The summed E-state index contributed by atoms with van der Waals surface area (Å²) in [6.07, 6.45) is 0.781. The molecule has 0 atom stereocenters. The molecular weight excluding hydrogens is 278 g/mol. The highest BCUT2D eigenvalue weighted by molar-refractivity contribution is 7.15. The second-order valence-corrected chi connectivity index (χ2v) is 6.25. The average Bonchev–Trinajstić information content (AvgIpc) is 2.78. The van der Waals surface area contributed by atoms with Crippen LogP contribution in [0.4, 0.5) is 9.93 Å². The van der Waals surface area contributed by atoms with Gasteiger partial charge in [0.1, 0.15) is 0 Å². The molecular formula is C13H19N3O3S. The van der Waals surface area contributed by atoms with E-state index in [0.717, 1.165) is 17.0 Å². The van der Waals surface area contributed by atoms with Crippen molar-refractivity contribution in [2.24, 2.45) is 5.92 Å². The fraction of sp³-hybridized carbons (Fsp3) is 0.615. The summed E-state index contributed by atoms with van der Waals surface area (Å²) in [6.45, 7) is 5.36. The molecule has 1 aromatic heterocycles.